The molecule has 0 aliphatic carbocycles. The molecule has 1 saturated heterocycles. The van der Waals surface area contributed by atoms with E-state index in [9.17, 15) is 8.78 Å². The quantitative estimate of drug-likeness (QED) is 0.506. The summed E-state index contributed by atoms with van der Waals surface area (Å²) in [6.07, 6.45) is 0. The van der Waals surface area contributed by atoms with Crippen molar-refractivity contribution in [2.24, 2.45) is 4.99 Å². The predicted octanol–water partition coefficient (Wildman–Crippen LogP) is 3.43. The first-order chi connectivity index (χ1) is 14.6. The number of nitrogens with zero attached hydrogens (tertiary/aromatic N) is 3. The van der Waals surface area contributed by atoms with Crippen LogP contribution in [-0.2, 0) is 11.3 Å². The molecule has 1 unspecified atom stereocenters. The molecule has 0 amide bonds. The van der Waals surface area contributed by atoms with Crippen LogP contribution in [0.25, 0.3) is 0 Å². The standard InChI is InChI=1S/C21H28F2N4O2S/c1-24-21(26(2)15-16-5-7-17(8-6-16)29-20(22)23)25-14-18(19-4-3-13-30-19)27-9-11-28-12-10-27/h3-8,13,18,20H,9-12,14-15H2,1-2H3,(H,24,25). The van der Waals surface area contributed by atoms with E-state index in [1.165, 1.54) is 4.88 Å². The summed E-state index contributed by atoms with van der Waals surface area (Å²) in [6.45, 7) is 1.83. The molecule has 164 valence electrons. The summed E-state index contributed by atoms with van der Waals surface area (Å²) in [7, 11) is 3.71. The molecule has 1 aromatic heterocycles. The van der Waals surface area contributed by atoms with Crippen molar-refractivity contribution in [3.8, 4) is 5.75 Å². The number of alkyl halides is 2. The molecule has 2 heterocycles. The number of ether oxygens (including phenoxy) is 2. The van der Waals surface area contributed by atoms with Gasteiger partial charge in [-0.1, -0.05) is 18.2 Å². The number of thiophene rings is 1. The third-order valence-corrected chi connectivity index (χ3v) is 5.93. The molecular formula is C21H28F2N4O2S. The maximum atomic E-state index is 12.3. The molecule has 0 saturated carbocycles. The summed E-state index contributed by atoms with van der Waals surface area (Å²) in [5.74, 6) is 0.931. The number of benzene rings is 1. The van der Waals surface area contributed by atoms with Gasteiger partial charge in [-0.2, -0.15) is 8.78 Å². The van der Waals surface area contributed by atoms with Gasteiger partial charge in [0.25, 0.3) is 0 Å². The average Bonchev–Trinajstić information content (AvgIpc) is 3.27. The highest BCUT2D eigenvalue weighted by molar-refractivity contribution is 7.10. The van der Waals surface area contributed by atoms with E-state index in [0.717, 1.165) is 44.4 Å². The third-order valence-electron chi connectivity index (χ3n) is 4.95. The molecule has 1 fully saturated rings. The van der Waals surface area contributed by atoms with Crippen LogP contribution in [0.1, 0.15) is 16.5 Å². The molecule has 1 aromatic carbocycles. The number of halogens is 2. The SMILES string of the molecule is CN=C(NCC(c1cccs1)N1CCOCC1)N(C)Cc1ccc(OC(F)F)cc1. The predicted molar refractivity (Wildman–Crippen MR) is 115 cm³/mol. The second kappa shape index (κ2) is 11.2. The maximum Gasteiger partial charge on any atom is 0.387 e. The fourth-order valence-corrected chi connectivity index (χ4v) is 4.34. The van der Waals surface area contributed by atoms with Crippen molar-refractivity contribution in [2.45, 2.75) is 19.2 Å². The monoisotopic (exact) mass is 438 g/mol. The van der Waals surface area contributed by atoms with Gasteiger partial charge in [0.1, 0.15) is 5.75 Å². The fraction of sp³-hybridized carbons (Fsp3) is 0.476. The smallest absolute Gasteiger partial charge is 0.387 e. The lowest BCUT2D eigenvalue weighted by Gasteiger charge is -2.35. The van der Waals surface area contributed by atoms with Crippen molar-refractivity contribution in [2.75, 3.05) is 46.9 Å². The van der Waals surface area contributed by atoms with Crippen LogP contribution in [0.5, 0.6) is 5.75 Å². The first-order valence-corrected chi connectivity index (χ1v) is 10.8. The summed E-state index contributed by atoms with van der Waals surface area (Å²) < 4.78 is 34.5. The van der Waals surface area contributed by atoms with Gasteiger partial charge in [0.2, 0.25) is 0 Å². The third kappa shape index (κ3) is 6.38. The molecule has 6 nitrogen and oxygen atoms in total. The van der Waals surface area contributed by atoms with E-state index in [4.69, 9.17) is 4.74 Å². The summed E-state index contributed by atoms with van der Waals surface area (Å²) in [6, 6.07) is 11.2. The summed E-state index contributed by atoms with van der Waals surface area (Å²) in [5, 5.41) is 5.59. The van der Waals surface area contributed by atoms with Gasteiger partial charge in [-0.25, -0.2) is 0 Å². The Morgan fingerprint density at radius 3 is 2.60 bits per heavy atom. The van der Waals surface area contributed by atoms with Crippen molar-refractivity contribution in [3.63, 3.8) is 0 Å². The Hall–Kier alpha value is -2.23. The lowest BCUT2D eigenvalue weighted by molar-refractivity contribution is -0.0498. The normalized spacial score (nSPS) is 16.5. The molecule has 1 aliphatic rings. The van der Waals surface area contributed by atoms with Gasteiger partial charge in [-0.3, -0.25) is 9.89 Å². The van der Waals surface area contributed by atoms with Crippen molar-refractivity contribution in [3.05, 3.63) is 52.2 Å². The van der Waals surface area contributed by atoms with Crippen molar-refractivity contribution < 1.29 is 18.3 Å². The molecule has 1 N–H and O–H groups in total. The van der Waals surface area contributed by atoms with Crippen LogP contribution in [0.3, 0.4) is 0 Å². The Morgan fingerprint density at radius 1 is 1.27 bits per heavy atom. The van der Waals surface area contributed by atoms with Crippen LogP contribution in [0, 0.1) is 0 Å². The van der Waals surface area contributed by atoms with Crippen LogP contribution >= 0.6 is 11.3 Å². The number of hydrogen-bond acceptors (Lipinski definition) is 5. The fourth-order valence-electron chi connectivity index (χ4n) is 3.48. The molecule has 30 heavy (non-hydrogen) atoms. The van der Waals surface area contributed by atoms with Gasteiger partial charge < -0.3 is 19.7 Å². The number of nitrogens with one attached hydrogen (secondary N) is 1. The Labute approximate surface area is 180 Å². The number of rotatable bonds is 8. The minimum atomic E-state index is -2.82. The molecule has 1 atom stereocenters. The molecule has 2 aromatic rings. The van der Waals surface area contributed by atoms with Crippen LogP contribution < -0.4 is 10.1 Å². The van der Waals surface area contributed by atoms with Gasteiger partial charge in [-0.05, 0) is 29.1 Å². The van der Waals surface area contributed by atoms with E-state index in [0.29, 0.717) is 6.54 Å². The van der Waals surface area contributed by atoms with Crippen molar-refractivity contribution in [1.82, 2.24) is 15.1 Å². The second-order valence-corrected chi connectivity index (χ2v) is 7.97. The second-order valence-electron chi connectivity index (χ2n) is 6.99. The highest BCUT2D eigenvalue weighted by Crippen LogP contribution is 2.25. The zero-order chi connectivity index (χ0) is 21.3. The zero-order valence-corrected chi connectivity index (χ0v) is 18.1. The first-order valence-electron chi connectivity index (χ1n) is 9.87. The van der Waals surface area contributed by atoms with Gasteiger partial charge in [0, 0.05) is 45.2 Å². The molecule has 0 spiro atoms. The maximum absolute atomic E-state index is 12.3. The zero-order valence-electron chi connectivity index (χ0n) is 17.3. The number of morpholine rings is 1. The van der Waals surface area contributed by atoms with Gasteiger partial charge in [0.05, 0.1) is 19.3 Å². The number of aliphatic imine (C=N–C) groups is 1. The summed E-state index contributed by atoms with van der Waals surface area (Å²) >= 11 is 1.76. The van der Waals surface area contributed by atoms with Crippen molar-refractivity contribution >= 4 is 17.3 Å². The lowest BCUT2D eigenvalue weighted by Crippen LogP contribution is -2.46. The largest absolute Gasteiger partial charge is 0.435 e. The molecule has 3 rings (SSSR count). The average molecular weight is 439 g/mol. The van der Waals surface area contributed by atoms with E-state index >= 15 is 0 Å². The Balaban J connectivity index is 1.59. The van der Waals surface area contributed by atoms with E-state index in [1.807, 2.05) is 11.9 Å². The van der Waals surface area contributed by atoms with E-state index in [1.54, 1.807) is 42.6 Å². The van der Waals surface area contributed by atoms with Crippen molar-refractivity contribution in [1.29, 1.82) is 0 Å². The van der Waals surface area contributed by atoms with E-state index in [2.05, 4.69) is 37.5 Å². The first kappa shape index (κ1) is 22.5. The molecule has 0 radical (unpaired) electrons. The summed E-state index contributed by atoms with van der Waals surface area (Å²) in [5.41, 5.74) is 0.977. The Bertz CT molecular complexity index is 781. The van der Waals surface area contributed by atoms with Crippen LogP contribution in [-0.4, -0.2) is 69.3 Å². The molecule has 0 bridgehead atoms. The topological polar surface area (TPSA) is 49.3 Å². The Kier molecular flexibility index (Phi) is 8.41. The van der Waals surface area contributed by atoms with Gasteiger partial charge in [-0.15, -0.1) is 11.3 Å². The summed E-state index contributed by atoms with van der Waals surface area (Å²) in [4.78, 5) is 10.2. The molecule has 9 heteroatoms. The van der Waals surface area contributed by atoms with Crippen LogP contribution in [0.2, 0.25) is 0 Å². The number of guanidine groups is 1. The highest BCUT2D eigenvalue weighted by atomic mass is 32.1. The van der Waals surface area contributed by atoms with Crippen LogP contribution in [0.4, 0.5) is 8.78 Å². The minimum absolute atomic E-state index is 0.156. The van der Waals surface area contributed by atoms with Gasteiger partial charge in [0.15, 0.2) is 5.96 Å². The van der Waals surface area contributed by atoms with Gasteiger partial charge >= 0.3 is 6.61 Å². The highest BCUT2D eigenvalue weighted by Gasteiger charge is 2.24. The molecular weight excluding hydrogens is 410 g/mol. The Morgan fingerprint density at radius 2 is 2.00 bits per heavy atom. The van der Waals surface area contributed by atoms with E-state index < -0.39 is 6.61 Å². The molecule has 1 aliphatic heterocycles. The van der Waals surface area contributed by atoms with E-state index in [-0.39, 0.29) is 11.8 Å². The minimum Gasteiger partial charge on any atom is -0.435 e. The van der Waals surface area contributed by atoms with Crippen LogP contribution in [0.15, 0.2) is 46.8 Å². The number of hydrogen-bond donors (Lipinski definition) is 1. The lowest BCUT2D eigenvalue weighted by atomic mass is 10.2.